The molecule has 0 radical (unpaired) electrons. The minimum Gasteiger partial charge on any atom is -0.309 e. The van der Waals surface area contributed by atoms with Gasteiger partial charge >= 0.3 is 6.03 Å². The first-order valence-electron chi connectivity index (χ1n) is 11.9. The second kappa shape index (κ2) is 8.04. The van der Waals surface area contributed by atoms with Gasteiger partial charge in [0, 0.05) is 11.3 Å². The van der Waals surface area contributed by atoms with Crippen molar-refractivity contribution in [3.63, 3.8) is 0 Å². The predicted octanol–water partition coefficient (Wildman–Crippen LogP) is 5.55. The molecule has 4 rings (SSSR count). The van der Waals surface area contributed by atoms with Crippen molar-refractivity contribution in [3.05, 3.63) is 41.1 Å². The molecule has 186 valence electrons. The molecule has 2 aromatic rings. The van der Waals surface area contributed by atoms with Gasteiger partial charge in [-0.1, -0.05) is 39.0 Å². The molecule has 3 N–H and O–H groups in total. The highest BCUT2D eigenvalue weighted by molar-refractivity contribution is 8.33. The lowest BCUT2D eigenvalue weighted by molar-refractivity contribution is -0.120. The van der Waals surface area contributed by atoms with Gasteiger partial charge in [-0.05, 0) is 68.9 Å². The normalized spacial score (nSPS) is 19.2. The minimum atomic E-state index is -1.07. The fraction of sp³-hybridized carbons (Fsp3) is 0.577. The molecule has 1 aromatic carbocycles. The zero-order chi connectivity index (χ0) is 25.1. The number of anilines is 2. The molecular weight excluding hydrogens is 446 g/mol. The summed E-state index contributed by atoms with van der Waals surface area (Å²) in [6, 6.07) is 7.76. The first-order valence-corrected chi connectivity index (χ1v) is 14.8. The van der Waals surface area contributed by atoms with Crippen LogP contribution >= 0.6 is 10.0 Å². The molecule has 2 heterocycles. The maximum atomic E-state index is 13.5. The molecule has 0 spiro atoms. The largest absolute Gasteiger partial charge is 0.322 e. The maximum absolute atomic E-state index is 13.5. The van der Waals surface area contributed by atoms with Crippen LogP contribution in [0.2, 0.25) is 0 Å². The number of hydrogen-bond donors (Lipinski definition) is 3. The van der Waals surface area contributed by atoms with Gasteiger partial charge < -0.3 is 15.5 Å². The van der Waals surface area contributed by atoms with E-state index >= 15 is 0 Å². The highest BCUT2D eigenvalue weighted by atomic mass is 32.3. The number of rotatable bonds is 4. The molecule has 34 heavy (non-hydrogen) atoms. The topological polar surface area (TPSA) is 90.1 Å². The lowest BCUT2D eigenvalue weighted by atomic mass is 9.83. The zero-order valence-corrected chi connectivity index (χ0v) is 22.6. The number of fused-ring (bicyclic) bond motifs is 1. The van der Waals surface area contributed by atoms with Gasteiger partial charge in [0.15, 0.2) is 5.82 Å². The maximum Gasteiger partial charge on any atom is 0.322 e. The zero-order valence-electron chi connectivity index (χ0n) is 21.8. The minimum absolute atomic E-state index is 0.0652. The quantitative estimate of drug-likeness (QED) is 0.531. The van der Waals surface area contributed by atoms with Crippen LogP contribution in [0.1, 0.15) is 70.7 Å². The fourth-order valence-electron chi connectivity index (χ4n) is 5.21. The average Bonchev–Trinajstić information content (AvgIpc) is 3.17. The van der Waals surface area contributed by atoms with E-state index in [1.54, 1.807) is 4.90 Å². The van der Waals surface area contributed by atoms with Crippen molar-refractivity contribution in [2.45, 2.75) is 76.1 Å². The van der Waals surface area contributed by atoms with Crippen LogP contribution in [0.15, 0.2) is 24.3 Å². The number of aromatic nitrogens is 2. The van der Waals surface area contributed by atoms with Crippen molar-refractivity contribution in [1.29, 1.82) is 0 Å². The summed E-state index contributed by atoms with van der Waals surface area (Å²) in [5, 5.41) is 13.8. The summed E-state index contributed by atoms with van der Waals surface area (Å²) < 4.78 is -0.291. The van der Waals surface area contributed by atoms with Crippen LogP contribution in [0.5, 0.6) is 0 Å². The molecule has 2 aliphatic rings. The van der Waals surface area contributed by atoms with E-state index in [9.17, 15) is 9.59 Å². The van der Waals surface area contributed by atoms with Crippen LogP contribution in [0.4, 0.5) is 16.3 Å². The monoisotopic (exact) mass is 485 g/mol. The van der Waals surface area contributed by atoms with Gasteiger partial charge in [-0.15, -0.1) is 0 Å². The summed E-state index contributed by atoms with van der Waals surface area (Å²) in [7, 11) is -1.07. The Morgan fingerprint density at radius 1 is 1.09 bits per heavy atom. The smallest absolute Gasteiger partial charge is 0.309 e. The SMILES string of the molecule is CC(C)(C)c1ccccc1NC(=O)N1Cc2c(NC(=O)C3(S(C)(C)C)CCC3)n[nH]c2C1(C)C. The third kappa shape index (κ3) is 3.89. The Kier molecular flexibility index (Phi) is 5.83. The van der Waals surface area contributed by atoms with Crippen LogP contribution in [0, 0.1) is 0 Å². The molecule has 0 unspecified atom stereocenters. The van der Waals surface area contributed by atoms with Gasteiger partial charge in [0.2, 0.25) is 5.91 Å². The molecule has 1 aliphatic carbocycles. The summed E-state index contributed by atoms with van der Waals surface area (Å²) in [4.78, 5) is 28.6. The standard InChI is InChI=1S/C26H39N5O2S/c1-24(2,3)18-12-9-10-13-19(18)27-23(33)31-16-17-20(25(31,4)5)29-30-21(17)28-22(32)26(14-11-15-26)34(6,7)8/h9-10,12-13H,11,14-16H2,1-8H3,(H,27,33)(H2,28,29,30,32). The molecule has 1 fully saturated rings. The summed E-state index contributed by atoms with van der Waals surface area (Å²) in [6.07, 6.45) is 9.59. The van der Waals surface area contributed by atoms with E-state index in [4.69, 9.17) is 0 Å². The van der Waals surface area contributed by atoms with Gasteiger partial charge in [0.25, 0.3) is 0 Å². The second-order valence-electron chi connectivity index (χ2n) is 11.9. The molecule has 1 aromatic heterocycles. The Hall–Kier alpha value is -2.48. The fourth-order valence-corrected chi connectivity index (χ4v) is 7.33. The Labute approximate surface area is 204 Å². The first-order chi connectivity index (χ1) is 15.7. The number of benzene rings is 1. The number of nitrogens with one attached hydrogen (secondary N) is 3. The van der Waals surface area contributed by atoms with Crippen LogP contribution in [-0.4, -0.2) is 50.5 Å². The number of H-pyrrole nitrogens is 1. The average molecular weight is 486 g/mol. The third-order valence-electron chi connectivity index (χ3n) is 7.67. The van der Waals surface area contributed by atoms with Crippen LogP contribution in [0.25, 0.3) is 0 Å². The van der Waals surface area contributed by atoms with Crippen molar-refractivity contribution < 1.29 is 9.59 Å². The number of amides is 3. The summed E-state index contributed by atoms with van der Waals surface area (Å²) in [5.41, 5.74) is 2.98. The van der Waals surface area contributed by atoms with Gasteiger partial charge in [-0.2, -0.15) is 5.10 Å². The number of nitrogens with zero attached hydrogens (tertiary/aromatic N) is 2. The number of carbonyl (C=O) groups excluding carboxylic acids is 2. The molecule has 1 aliphatic heterocycles. The van der Waals surface area contributed by atoms with Crippen molar-refractivity contribution in [2.24, 2.45) is 0 Å². The molecular formula is C26H39N5O2S. The molecule has 0 atom stereocenters. The molecule has 7 nitrogen and oxygen atoms in total. The predicted molar refractivity (Wildman–Crippen MR) is 142 cm³/mol. The van der Waals surface area contributed by atoms with Gasteiger partial charge in [0.1, 0.15) is 0 Å². The van der Waals surface area contributed by atoms with Crippen molar-refractivity contribution in [1.82, 2.24) is 15.1 Å². The van der Waals surface area contributed by atoms with E-state index in [0.717, 1.165) is 41.8 Å². The lowest BCUT2D eigenvalue weighted by Crippen LogP contribution is -2.51. The van der Waals surface area contributed by atoms with Gasteiger partial charge in [-0.3, -0.25) is 9.89 Å². The molecule has 1 saturated carbocycles. The Bertz CT molecular complexity index is 1120. The van der Waals surface area contributed by atoms with Gasteiger partial charge in [-0.25, -0.2) is 14.8 Å². The number of hydrogen-bond acceptors (Lipinski definition) is 3. The number of aromatic amines is 1. The highest BCUT2D eigenvalue weighted by Gasteiger charge is 2.51. The Morgan fingerprint density at radius 2 is 1.74 bits per heavy atom. The van der Waals surface area contributed by atoms with Crippen LogP contribution in [0.3, 0.4) is 0 Å². The molecule has 3 amide bonds. The van der Waals surface area contributed by atoms with Gasteiger partial charge in [0.05, 0.1) is 22.5 Å². The highest BCUT2D eigenvalue weighted by Crippen LogP contribution is 2.60. The third-order valence-corrected chi connectivity index (χ3v) is 10.6. The van der Waals surface area contributed by atoms with Crippen molar-refractivity contribution in [3.8, 4) is 0 Å². The molecule has 0 bridgehead atoms. The van der Waals surface area contributed by atoms with Crippen molar-refractivity contribution >= 4 is 33.5 Å². The second-order valence-corrected chi connectivity index (χ2v) is 16.4. The molecule has 0 saturated heterocycles. The number of carbonyl (C=O) groups is 2. The number of para-hydroxylation sites is 1. The van der Waals surface area contributed by atoms with Crippen molar-refractivity contribution in [2.75, 3.05) is 29.4 Å². The summed E-state index contributed by atoms with van der Waals surface area (Å²) in [5.74, 6) is 0.615. The van der Waals surface area contributed by atoms with E-state index in [2.05, 4.69) is 66.4 Å². The van der Waals surface area contributed by atoms with E-state index in [0.29, 0.717) is 12.4 Å². The summed E-state index contributed by atoms with van der Waals surface area (Å²) in [6.45, 7) is 10.8. The Morgan fingerprint density at radius 3 is 2.29 bits per heavy atom. The van der Waals surface area contributed by atoms with Crippen LogP contribution < -0.4 is 10.6 Å². The van der Waals surface area contributed by atoms with E-state index < -0.39 is 15.6 Å². The Balaban J connectivity index is 1.56. The first kappa shape index (κ1) is 24.6. The van der Waals surface area contributed by atoms with E-state index in [1.165, 1.54) is 0 Å². The number of urea groups is 1. The van der Waals surface area contributed by atoms with E-state index in [-0.39, 0.29) is 22.1 Å². The lowest BCUT2D eigenvalue weighted by Gasteiger charge is -2.53. The van der Waals surface area contributed by atoms with Crippen LogP contribution in [-0.2, 0) is 22.3 Å². The summed E-state index contributed by atoms with van der Waals surface area (Å²) >= 11 is 0. The van der Waals surface area contributed by atoms with E-state index in [1.807, 2.05) is 32.0 Å². The molecule has 8 heteroatoms.